The van der Waals surface area contributed by atoms with Gasteiger partial charge >= 0.3 is 5.97 Å². The summed E-state index contributed by atoms with van der Waals surface area (Å²) in [6.07, 6.45) is 2.10. The molecule has 0 unspecified atom stereocenters. The maximum atomic E-state index is 12.7. The normalized spacial score (nSPS) is 12.6. The third-order valence-electron chi connectivity index (χ3n) is 4.33. The number of esters is 1. The topological polar surface area (TPSA) is 126 Å². The third kappa shape index (κ3) is 5.91. The van der Waals surface area contributed by atoms with Crippen molar-refractivity contribution in [3.8, 4) is 5.75 Å². The molecule has 10 heteroatoms. The van der Waals surface area contributed by atoms with E-state index in [-0.39, 0.29) is 28.3 Å². The third-order valence-corrected chi connectivity index (χ3v) is 5.10. The Morgan fingerprint density at radius 3 is 2.56 bits per heavy atom. The van der Waals surface area contributed by atoms with Crippen molar-refractivity contribution in [1.82, 2.24) is 15.2 Å². The van der Waals surface area contributed by atoms with Gasteiger partial charge in [0.1, 0.15) is 17.2 Å². The van der Waals surface area contributed by atoms with Crippen LogP contribution in [-0.4, -0.2) is 43.8 Å². The minimum absolute atomic E-state index is 0.0762. The number of amides is 1. The van der Waals surface area contributed by atoms with Crippen LogP contribution in [0.3, 0.4) is 0 Å². The number of hydrogen-bond acceptors (Lipinski definition) is 9. The number of carbonyl (C=O) groups excluding carboxylic acids is 2. The van der Waals surface area contributed by atoms with Crippen LogP contribution in [-0.2, 0) is 9.53 Å². The molecule has 2 aromatic heterocycles. The summed E-state index contributed by atoms with van der Waals surface area (Å²) in [6, 6.07) is 6.19. The summed E-state index contributed by atoms with van der Waals surface area (Å²) in [5.74, 6) is -0.869. The van der Waals surface area contributed by atoms with Crippen molar-refractivity contribution in [2.45, 2.75) is 52.7 Å². The fraction of sp³-hybridized carbons (Fsp3) is 0.409. The van der Waals surface area contributed by atoms with E-state index in [2.05, 4.69) is 25.8 Å². The lowest BCUT2D eigenvalue weighted by atomic mass is 10.0. The average molecular weight is 458 g/mol. The van der Waals surface area contributed by atoms with Crippen LogP contribution in [0.15, 0.2) is 30.5 Å². The fourth-order valence-electron chi connectivity index (χ4n) is 3.02. The average Bonchev–Trinajstić information content (AvgIpc) is 3.13. The van der Waals surface area contributed by atoms with Crippen molar-refractivity contribution in [2.75, 3.05) is 10.6 Å². The van der Waals surface area contributed by atoms with E-state index in [9.17, 15) is 14.7 Å². The molecule has 3 aromatic rings. The summed E-state index contributed by atoms with van der Waals surface area (Å²) in [7, 11) is 0. The Labute approximate surface area is 190 Å². The van der Waals surface area contributed by atoms with Crippen molar-refractivity contribution < 1.29 is 19.4 Å². The summed E-state index contributed by atoms with van der Waals surface area (Å²) >= 11 is 1.09. The lowest BCUT2D eigenvalue weighted by molar-refractivity contribution is -0.156. The number of nitrogens with one attached hydrogen (secondary N) is 2. The number of phenols is 1. The second-order valence-electron chi connectivity index (χ2n) is 8.76. The Morgan fingerprint density at radius 2 is 1.88 bits per heavy atom. The van der Waals surface area contributed by atoms with Crippen molar-refractivity contribution in [3.63, 3.8) is 0 Å². The van der Waals surface area contributed by atoms with Gasteiger partial charge in [-0.15, -0.1) is 10.2 Å². The van der Waals surface area contributed by atoms with Gasteiger partial charge in [-0.3, -0.25) is 15.1 Å². The van der Waals surface area contributed by atoms with Crippen LogP contribution in [0, 0.1) is 5.92 Å². The summed E-state index contributed by atoms with van der Waals surface area (Å²) in [4.78, 5) is 29.4. The Morgan fingerprint density at radius 1 is 1.16 bits per heavy atom. The molecule has 1 amide bonds. The van der Waals surface area contributed by atoms with Crippen LogP contribution < -0.4 is 10.6 Å². The predicted molar refractivity (Wildman–Crippen MR) is 124 cm³/mol. The van der Waals surface area contributed by atoms with Crippen molar-refractivity contribution in [3.05, 3.63) is 36.0 Å². The number of benzene rings is 1. The summed E-state index contributed by atoms with van der Waals surface area (Å²) in [5, 5.41) is 25.4. The highest BCUT2D eigenvalue weighted by molar-refractivity contribution is 7.19. The molecule has 0 radical (unpaired) electrons. The van der Waals surface area contributed by atoms with Crippen molar-refractivity contribution in [1.29, 1.82) is 0 Å². The summed E-state index contributed by atoms with van der Waals surface area (Å²) in [5.41, 5.74) is -0.189. The van der Waals surface area contributed by atoms with E-state index >= 15 is 0 Å². The monoisotopic (exact) mass is 457 g/mol. The molecule has 32 heavy (non-hydrogen) atoms. The first-order chi connectivity index (χ1) is 15.0. The van der Waals surface area contributed by atoms with E-state index in [4.69, 9.17) is 4.74 Å². The van der Waals surface area contributed by atoms with Gasteiger partial charge < -0.3 is 15.2 Å². The first kappa shape index (κ1) is 23.4. The van der Waals surface area contributed by atoms with Crippen LogP contribution >= 0.6 is 11.3 Å². The molecule has 0 saturated carbocycles. The lowest BCUT2D eigenvalue weighted by Gasteiger charge is -2.25. The second kappa shape index (κ2) is 9.47. The van der Waals surface area contributed by atoms with Gasteiger partial charge in [-0.25, -0.2) is 4.79 Å². The maximum absolute atomic E-state index is 12.7. The van der Waals surface area contributed by atoms with Gasteiger partial charge in [-0.2, -0.15) is 0 Å². The van der Waals surface area contributed by atoms with Crippen molar-refractivity contribution in [2.24, 2.45) is 5.92 Å². The van der Waals surface area contributed by atoms with Crippen LogP contribution in [0.5, 0.6) is 5.75 Å². The zero-order valence-electron chi connectivity index (χ0n) is 18.7. The van der Waals surface area contributed by atoms with Gasteiger partial charge in [0.05, 0.1) is 5.56 Å². The molecular formula is C22H27N5O4S. The Balaban J connectivity index is 1.72. The Bertz CT molecular complexity index is 1120. The molecule has 0 fully saturated rings. The van der Waals surface area contributed by atoms with E-state index in [1.807, 2.05) is 34.6 Å². The Hall–Kier alpha value is -3.27. The van der Waals surface area contributed by atoms with Gasteiger partial charge in [0.25, 0.3) is 5.91 Å². The predicted octanol–water partition coefficient (Wildman–Crippen LogP) is 4.21. The number of aromatic hydroxyl groups is 1. The molecule has 0 aliphatic heterocycles. The zero-order valence-corrected chi connectivity index (χ0v) is 19.5. The quantitative estimate of drug-likeness (QED) is 0.450. The molecule has 1 atom stereocenters. The molecule has 2 heterocycles. The minimum Gasteiger partial charge on any atom is -0.505 e. The summed E-state index contributed by atoms with van der Waals surface area (Å²) in [6.45, 7) is 9.46. The first-order valence-corrected chi connectivity index (χ1v) is 11.1. The number of rotatable bonds is 7. The SMILES string of the molecule is CC(C)C[C@H](Nc1nnc(NC(=O)c2ccc3cccnc3c2O)s1)C(=O)OC(C)(C)C. The van der Waals surface area contributed by atoms with E-state index in [1.165, 1.54) is 6.07 Å². The van der Waals surface area contributed by atoms with E-state index in [0.717, 1.165) is 16.7 Å². The molecule has 0 saturated heterocycles. The van der Waals surface area contributed by atoms with Crippen LogP contribution in [0.25, 0.3) is 10.9 Å². The highest BCUT2D eigenvalue weighted by Crippen LogP contribution is 2.29. The van der Waals surface area contributed by atoms with Crippen molar-refractivity contribution >= 4 is 44.4 Å². The van der Waals surface area contributed by atoms with E-state index < -0.39 is 17.6 Å². The molecule has 0 aliphatic rings. The molecule has 0 aliphatic carbocycles. The van der Waals surface area contributed by atoms with Crippen LogP contribution in [0.1, 0.15) is 51.4 Å². The number of nitrogens with zero attached hydrogens (tertiary/aromatic N) is 3. The van der Waals surface area contributed by atoms with Gasteiger partial charge in [0.2, 0.25) is 10.3 Å². The van der Waals surface area contributed by atoms with E-state index in [1.54, 1.807) is 24.4 Å². The zero-order chi connectivity index (χ0) is 23.5. The molecular weight excluding hydrogens is 430 g/mol. The molecule has 3 N–H and O–H groups in total. The highest BCUT2D eigenvalue weighted by atomic mass is 32.1. The van der Waals surface area contributed by atoms with Gasteiger partial charge in [0, 0.05) is 11.6 Å². The number of ether oxygens (including phenoxy) is 1. The standard InChI is InChI=1S/C22H27N5O4S/c1-12(2)11-15(19(30)31-22(3,4)5)24-20-26-27-21(32-20)25-18(29)14-9-8-13-7-6-10-23-16(13)17(14)28/h6-10,12,15,28H,11H2,1-5H3,(H,24,26)(H,25,27,29)/t15-/m0/s1. The number of hydrogen-bond donors (Lipinski definition) is 3. The van der Waals surface area contributed by atoms with E-state index in [0.29, 0.717) is 17.1 Å². The van der Waals surface area contributed by atoms with Crippen LogP contribution in [0.4, 0.5) is 10.3 Å². The summed E-state index contributed by atoms with van der Waals surface area (Å²) < 4.78 is 5.50. The number of phenolic OH excluding ortho intramolecular Hbond substituents is 1. The lowest BCUT2D eigenvalue weighted by Crippen LogP contribution is -2.37. The Kier molecular flexibility index (Phi) is 6.93. The molecule has 9 nitrogen and oxygen atoms in total. The molecule has 170 valence electrons. The molecule has 0 spiro atoms. The second-order valence-corrected chi connectivity index (χ2v) is 9.74. The largest absolute Gasteiger partial charge is 0.505 e. The number of pyridine rings is 1. The minimum atomic E-state index is -0.606. The molecule has 1 aromatic carbocycles. The first-order valence-electron chi connectivity index (χ1n) is 10.2. The van der Waals surface area contributed by atoms with Gasteiger partial charge in [-0.1, -0.05) is 37.3 Å². The molecule has 3 rings (SSSR count). The number of anilines is 2. The smallest absolute Gasteiger partial charge is 0.329 e. The van der Waals surface area contributed by atoms with Crippen LogP contribution in [0.2, 0.25) is 0 Å². The highest BCUT2D eigenvalue weighted by Gasteiger charge is 2.27. The number of fused-ring (bicyclic) bond motifs is 1. The van der Waals surface area contributed by atoms with Gasteiger partial charge in [-0.05, 0) is 45.2 Å². The number of carbonyl (C=O) groups is 2. The molecule has 0 bridgehead atoms. The van der Waals surface area contributed by atoms with Gasteiger partial charge in [0.15, 0.2) is 5.75 Å². The number of aromatic nitrogens is 3. The fourth-order valence-corrected chi connectivity index (χ4v) is 3.71. The maximum Gasteiger partial charge on any atom is 0.329 e.